The van der Waals surface area contributed by atoms with E-state index in [0.717, 1.165) is 0 Å². The van der Waals surface area contributed by atoms with E-state index >= 15 is 0 Å². The first-order valence-corrected chi connectivity index (χ1v) is 8.67. The number of amides is 2. The van der Waals surface area contributed by atoms with Crippen LogP contribution in [0.5, 0.6) is 0 Å². The molecule has 0 aliphatic carbocycles. The summed E-state index contributed by atoms with van der Waals surface area (Å²) in [5, 5.41) is 5.78. The van der Waals surface area contributed by atoms with Gasteiger partial charge in [-0.1, -0.05) is 25.4 Å². The Balaban J connectivity index is 2.78. The molecule has 0 spiro atoms. The summed E-state index contributed by atoms with van der Waals surface area (Å²) in [7, 11) is 0. The summed E-state index contributed by atoms with van der Waals surface area (Å²) < 4.78 is 5.20. The molecule has 0 unspecified atom stereocenters. The number of nitrogens with one attached hydrogen (secondary N) is 2. The van der Waals surface area contributed by atoms with Gasteiger partial charge in [-0.05, 0) is 50.5 Å². The number of esters is 1. The van der Waals surface area contributed by atoms with Gasteiger partial charge in [0.15, 0.2) is 6.10 Å². The van der Waals surface area contributed by atoms with Crippen molar-refractivity contribution in [3.63, 3.8) is 0 Å². The van der Waals surface area contributed by atoms with Gasteiger partial charge in [-0.2, -0.15) is 0 Å². The summed E-state index contributed by atoms with van der Waals surface area (Å²) >= 11 is 5.81. The van der Waals surface area contributed by atoms with Crippen molar-refractivity contribution in [1.29, 1.82) is 0 Å². The summed E-state index contributed by atoms with van der Waals surface area (Å²) in [5.74, 6) is -1.24. The van der Waals surface area contributed by atoms with Crippen molar-refractivity contribution in [2.24, 2.45) is 5.92 Å². The molecule has 6 nitrogen and oxygen atoms in total. The lowest BCUT2D eigenvalue weighted by molar-refractivity contribution is -0.156. The predicted octanol–water partition coefficient (Wildman–Crippen LogP) is 2.55. The van der Waals surface area contributed by atoms with Crippen LogP contribution in [0.1, 0.15) is 44.5 Å². The fraction of sp³-hybridized carbons (Fsp3) is 0.500. The molecule has 0 radical (unpaired) electrons. The minimum absolute atomic E-state index is 0.155. The van der Waals surface area contributed by atoms with Crippen molar-refractivity contribution >= 4 is 29.4 Å². The maximum absolute atomic E-state index is 12.4. The predicted molar refractivity (Wildman–Crippen MR) is 96.4 cm³/mol. The van der Waals surface area contributed by atoms with Crippen molar-refractivity contribution < 1.29 is 19.1 Å². The van der Waals surface area contributed by atoms with Crippen LogP contribution in [0.25, 0.3) is 0 Å². The van der Waals surface area contributed by atoms with Gasteiger partial charge in [0.05, 0.1) is 0 Å². The van der Waals surface area contributed by atoms with E-state index in [1.54, 1.807) is 31.2 Å². The number of rotatable bonds is 8. The fourth-order valence-electron chi connectivity index (χ4n) is 2.16. The van der Waals surface area contributed by atoms with Crippen LogP contribution in [0.2, 0.25) is 5.02 Å². The average molecular weight is 369 g/mol. The maximum Gasteiger partial charge on any atom is 0.329 e. The van der Waals surface area contributed by atoms with Gasteiger partial charge in [0.25, 0.3) is 11.8 Å². The van der Waals surface area contributed by atoms with E-state index in [2.05, 4.69) is 10.6 Å². The molecule has 0 aliphatic rings. The fourth-order valence-corrected chi connectivity index (χ4v) is 2.28. The molecule has 0 saturated heterocycles. The van der Waals surface area contributed by atoms with Crippen LogP contribution in [0.3, 0.4) is 0 Å². The highest BCUT2D eigenvalue weighted by molar-refractivity contribution is 6.30. The Morgan fingerprint density at radius 1 is 1.12 bits per heavy atom. The summed E-state index contributed by atoms with van der Waals surface area (Å²) in [6, 6.07) is 5.52. The van der Waals surface area contributed by atoms with Gasteiger partial charge in [0.1, 0.15) is 6.04 Å². The van der Waals surface area contributed by atoms with Crippen LogP contribution in [0, 0.1) is 5.92 Å². The standard InChI is InChI=1S/C18H25ClN2O4/c1-5-20-16(22)12(4)25-18(24)15(10-11(2)3)21-17(23)13-6-8-14(19)9-7-13/h6-9,11-12,15H,5,10H2,1-4H3,(H,20,22)(H,21,23)/t12-,15-/m1/s1. The second-order valence-corrected chi connectivity index (χ2v) is 6.57. The van der Waals surface area contributed by atoms with Crippen molar-refractivity contribution in [2.75, 3.05) is 6.54 Å². The largest absolute Gasteiger partial charge is 0.451 e. The molecule has 1 rings (SSSR count). The first-order valence-electron chi connectivity index (χ1n) is 8.29. The molecule has 0 fully saturated rings. The third kappa shape index (κ3) is 7.13. The van der Waals surface area contributed by atoms with E-state index in [0.29, 0.717) is 23.6 Å². The van der Waals surface area contributed by atoms with Crippen LogP contribution in [0.4, 0.5) is 0 Å². The number of carbonyl (C=O) groups excluding carboxylic acids is 3. The summed E-state index contributed by atoms with van der Waals surface area (Å²) in [4.78, 5) is 36.4. The molecular formula is C18H25ClN2O4. The van der Waals surface area contributed by atoms with Gasteiger partial charge in [-0.25, -0.2) is 4.79 Å². The van der Waals surface area contributed by atoms with E-state index in [1.165, 1.54) is 6.92 Å². The Labute approximate surface area is 153 Å². The molecule has 2 atom stereocenters. The molecule has 0 aliphatic heterocycles. The number of hydrogen-bond acceptors (Lipinski definition) is 4. The summed E-state index contributed by atoms with van der Waals surface area (Å²) in [5.41, 5.74) is 0.391. The molecule has 25 heavy (non-hydrogen) atoms. The van der Waals surface area contributed by atoms with Gasteiger partial charge in [-0.15, -0.1) is 0 Å². The summed E-state index contributed by atoms with van der Waals surface area (Å²) in [6.45, 7) is 7.59. The molecule has 1 aromatic rings. The Morgan fingerprint density at radius 2 is 1.72 bits per heavy atom. The molecule has 7 heteroatoms. The Hall–Kier alpha value is -2.08. The van der Waals surface area contributed by atoms with Crippen LogP contribution in [-0.2, 0) is 14.3 Å². The van der Waals surface area contributed by atoms with E-state index in [9.17, 15) is 14.4 Å². The number of benzene rings is 1. The van der Waals surface area contributed by atoms with Crippen molar-refractivity contribution in [2.45, 2.75) is 46.3 Å². The highest BCUT2D eigenvalue weighted by Crippen LogP contribution is 2.12. The smallest absolute Gasteiger partial charge is 0.329 e. The topological polar surface area (TPSA) is 84.5 Å². The van der Waals surface area contributed by atoms with Crippen LogP contribution in [0.15, 0.2) is 24.3 Å². The van der Waals surface area contributed by atoms with Crippen LogP contribution < -0.4 is 10.6 Å². The van der Waals surface area contributed by atoms with Gasteiger partial charge in [-0.3, -0.25) is 9.59 Å². The second kappa shape index (κ2) is 10.0. The van der Waals surface area contributed by atoms with Crippen molar-refractivity contribution in [3.05, 3.63) is 34.9 Å². The Morgan fingerprint density at radius 3 is 2.24 bits per heavy atom. The molecule has 0 bridgehead atoms. The normalized spacial score (nSPS) is 13.0. The van der Waals surface area contributed by atoms with Crippen molar-refractivity contribution in [3.8, 4) is 0 Å². The van der Waals surface area contributed by atoms with Gasteiger partial charge in [0, 0.05) is 17.1 Å². The van der Waals surface area contributed by atoms with Gasteiger partial charge in [0.2, 0.25) is 0 Å². The zero-order valence-corrected chi connectivity index (χ0v) is 15.7. The maximum atomic E-state index is 12.4. The number of hydrogen-bond donors (Lipinski definition) is 2. The third-order valence-electron chi connectivity index (χ3n) is 3.42. The van der Waals surface area contributed by atoms with Crippen molar-refractivity contribution in [1.82, 2.24) is 10.6 Å². The molecular weight excluding hydrogens is 344 g/mol. The third-order valence-corrected chi connectivity index (χ3v) is 3.67. The van der Waals surface area contributed by atoms with E-state index in [1.807, 2.05) is 13.8 Å². The van der Waals surface area contributed by atoms with E-state index in [4.69, 9.17) is 16.3 Å². The minimum Gasteiger partial charge on any atom is -0.451 e. The Bertz CT molecular complexity index is 602. The molecule has 1 aromatic carbocycles. The zero-order chi connectivity index (χ0) is 19.0. The van der Waals surface area contributed by atoms with Gasteiger partial charge < -0.3 is 15.4 Å². The number of halogens is 1. The second-order valence-electron chi connectivity index (χ2n) is 6.14. The lowest BCUT2D eigenvalue weighted by Gasteiger charge is -2.21. The first-order chi connectivity index (χ1) is 11.7. The highest BCUT2D eigenvalue weighted by atomic mass is 35.5. The van der Waals surface area contributed by atoms with E-state index in [-0.39, 0.29) is 11.8 Å². The zero-order valence-electron chi connectivity index (χ0n) is 15.0. The average Bonchev–Trinajstić information content (AvgIpc) is 2.54. The lowest BCUT2D eigenvalue weighted by atomic mass is 10.0. The van der Waals surface area contributed by atoms with Crippen LogP contribution in [-0.4, -0.2) is 36.5 Å². The molecule has 2 amide bonds. The number of ether oxygens (including phenoxy) is 1. The molecule has 0 aromatic heterocycles. The van der Waals surface area contributed by atoms with Gasteiger partial charge >= 0.3 is 5.97 Å². The molecule has 2 N–H and O–H groups in total. The molecule has 0 saturated carbocycles. The first kappa shape index (κ1) is 21.0. The number of carbonyl (C=O) groups is 3. The van der Waals surface area contributed by atoms with E-state index < -0.39 is 24.0 Å². The summed E-state index contributed by atoms with van der Waals surface area (Å²) in [6.07, 6.45) is -0.519. The lowest BCUT2D eigenvalue weighted by Crippen LogP contribution is -2.45. The monoisotopic (exact) mass is 368 g/mol. The minimum atomic E-state index is -0.922. The Kier molecular flexibility index (Phi) is 8.41. The SMILES string of the molecule is CCNC(=O)[C@@H](C)OC(=O)[C@@H](CC(C)C)NC(=O)c1ccc(Cl)cc1. The number of likely N-dealkylation sites (N-methyl/N-ethyl adjacent to an activating group) is 1. The quantitative estimate of drug-likeness (QED) is 0.690. The molecule has 0 heterocycles. The highest BCUT2D eigenvalue weighted by Gasteiger charge is 2.27. The molecule has 138 valence electrons. The van der Waals surface area contributed by atoms with Crippen LogP contribution >= 0.6 is 11.6 Å².